The van der Waals surface area contributed by atoms with E-state index in [9.17, 15) is 9.59 Å². The molecule has 0 saturated heterocycles. The van der Waals surface area contributed by atoms with Crippen LogP contribution in [0.3, 0.4) is 0 Å². The van der Waals surface area contributed by atoms with Crippen molar-refractivity contribution in [3.8, 4) is 17.2 Å². The molecule has 1 N–H and O–H groups in total. The smallest absolute Gasteiger partial charge is 0.307 e. The zero-order valence-corrected chi connectivity index (χ0v) is 15.1. The monoisotopic (exact) mass is 389 g/mol. The van der Waals surface area contributed by atoms with Crippen LogP contribution in [0, 0.1) is 0 Å². The van der Waals surface area contributed by atoms with E-state index in [1.54, 1.807) is 6.92 Å². The van der Waals surface area contributed by atoms with Crippen molar-refractivity contribution in [2.45, 2.75) is 13.3 Å². The molecule has 23 heavy (non-hydrogen) atoms. The van der Waals surface area contributed by atoms with Crippen LogP contribution in [0.1, 0.15) is 23.7 Å². The predicted octanol–water partition coefficient (Wildman–Crippen LogP) is 2.16. The van der Waals surface area contributed by atoms with Gasteiger partial charge in [-0.3, -0.25) is 9.59 Å². The maximum Gasteiger partial charge on any atom is 0.307 e. The number of carbonyl (C=O) groups is 2. The zero-order chi connectivity index (χ0) is 17.4. The quantitative estimate of drug-likeness (QED) is 0.685. The molecule has 0 unspecified atom stereocenters. The van der Waals surface area contributed by atoms with Gasteiger partial charge in [0, 0.05) is 6.54 Å². The Labute approximate surface area is 143 Å². The first kappa shape index (κ1) is 19.1. The third kappa shape index (κ3) is 4.75. The molecular formula is C15H20BrNO6. The highest BCUT2D eigenvalue weighted by molar-refractivity contribution is 9.10. The Kier molecular flexibility index (Phi) is 7.67. The number of ether oxygens (including phenoxy) is 4. The average molecular weight is 390 g/mol. The van der Waals surface area contributed by atoms with Crippen molar-refractivity contribution >= 4 is 27.8 Å². The molecule has 0 atom stereocenters. The second kappa shape index (κ2) is 9.24. The first-order valence-electron chi connectivity index (χ1n) is 6.92. The van der Waals surface area contributed by atoms with Gasteiger partial charge in [0.15, 0.2) is 11.5 Å². The number of methoxy groups -OCH3 is 3. The largest absolute Gasteiger partial charge is 0.493 e. The van der Waals surface area contributed by atoms with Gasteiger partial charge in [-0.25, -0.2) is 0 Å². The molecule has 0 aliphatic carbocycles. The molecule has 0 aliphatic heterocycles. The van der Waals surface area contributed by atoms with Crippen LogP contribution in [0.4, 0.5) is 0 Å². The normalized spacial score (nSPS) is 9.96. The minimum Gasteiger partial charge on any atom is -0.493 e. The van der Waals surface area contributed by atoms with Crippen LogP contribution in [-0.4, -0.2) is 46.4 Å². The van der Waals surface area contributed by atoms with Crippen LogP contribution >= 0.6 is 15.9 Å². The van der Waals surface area contributed by atoms with Crippen molar-refractivity contribution in [1.29, 1.82) is 0 Å². The van der Waals surface area contributed by atoms with Gasteiger partial charge in [-0.05, 0) is 28.9 Å². The van der Waals surface area contributed by atoms with Crippen molar-refractivity contribution in [3.63, 3.8) is 0 Å². The lowest BCUT2D eigenvalue weighted by molar-refractivity contribution is -0.142. The first-order valence-corrected chi connectivity index (χ1v) is 7.71. The summed E-state index contributed by atoms with van der Waals surface area (Å²) in [6.07, 6.45) is 0.0988. The van der Waals surface area contributed by atoms with E-state index >= 15 is 0 Å². The van der Waals surface area contributed by atoms with Crippen LogP contribution in [0.15, 0.2) is 10.5 Å². The van der Waals surface area contributed by atoms with Gasteiger partial charge in [-0.15, -0.1) is 0 Å². The number of hydrogen-bond acceptors (Lipinski definition) is 6. The molecule has 0 bridgehead atoms. The zero-order valence-electron chi connectivity index (χ0n) is 13.5. The molecular weight excluding hydrogens is 370 g/mol. The second-order valence-electron chi connectivity index (χ2n) is 4.32. The van der Waals surface area contributed by atoms with Gasteiger partial charge < -0.3 is 24.3 Å². The van der Waals surface area contributed by atoms with Gasteiger partial charge in [-0.2, -0.15) is 0 Å². The lowest BCUT2D eigenvalue weighted by atomic mass is 10.1. The molecule has 8 heteroatoms. The average Bonchev–Trinajstić information content (AvgIpc) is 2.54. The molecule has 1 aromatic rings. The van der Waals surface area contributed by atoms with Crippen molar-refractivity contribution in [3.05, 3.63) is 16.1 Å². The van der Waals surface area contributed by atoms with E-state index in [1.807, 2.05) is 0 Å². The van der Waals surface area contributed by atoms with Gasteiger partial charge in [-0.1, -0.05) is 0 Å². The van der Waals surface area contributed by atoms with Gasteiger partial charge in [0.1, 0.15) is 0 Å². The molecule has 0 fully saturated rings. The maximum absolute atomic E-state index is 12.3. The summed E-state index contributed by atoms with van der Waals surface area (Å²) >= 11 is 3.33. The summed E-state index contributed by atoms with van der Waals surface area (Å²) in [6.45, 7) is 2.20. The molecule has 1 rings (SSSR count). The Morgan fingerprint density at radius 1 is 1.13 bits per heavy atom. The molecule has 0 aliphatic rings. The summed E-state index contributed by atoms with van der Waals surface area (Å²) in [5.41, 5.74) is 0.309. The third-order valence-electron chi connectivity index (χ3n) is 2.93. The summed E-state index contributed by atoms with van der Waals surface area (Å²) in [5.74, 6) is 0.354. The summed E-state index contributed by atoms with van der Waals surface area (Å²) < 4.78 is 21.0. The number of hydrogen-bond donors (Lipinski definition) is 1. The van der Waals surface area contributed by atoms with Gasteiger partial charge in [0.2, 0.25) is 5.75 Å². The molecule has 7 nitrogen and oxygen atoms in total. The van der Waals surface area contributed by atoms with Crippen LogP contribution in [0.25, 0.3) is 0 Å². The molecule has 0 aromatic heterocycles. The summed E-state index contributed by atoms with van der Waals surface area (Å²) in [5, 5.41) is 2.65. The highest BCUT2D eigenvalue weighted by atomic mass is 79.9. The highest BCUT2D eigenvalue weighted by Gasteiger charge is 2.22. The van der Waals surface area contributed by atoms with E-state index in [-0.39, 0.29) is 24.8 Å². The van der Waals surface area contributed by atoms with E-state index in [4.69, 9.17) is 18.9 Å². The molecule has 0 spiro atoms. The minimum absolute atomic E-state index is 0.0988. The Morgan fingerprint density at radius 2 is 1.78 bits per heavy atom. The van der Waals surface area contributed by atoms with E-state index in [0.717, 1.165) is 0 Å². The molecule has 0 radical (unpaired) electrons. The van der Waals surface area contributed by atoms with E-state index in [1.165, 1.54) is 27.4 Å². The third-order valence-corrected chi connectivity index (χ3v) is 3.72. The lowest BCUT2D eigenvalue weighted by Gasteiger charge is -2.16. The van der Waals surface area contributed by atoms with Crippen LogP contribution in [0.5, 0.6) is 17.2 Å². The van der Waals surface area contributed by atoms with Gasteiger partial charge in [0.05, 0.1) is 44.4 Å². The number of benzene rings is 1. The van der Waals surface area contributed by atoms with Crippen molar-refractivity contribution in [2.24, 2.45) is 0 Å². The van der Waals surface area contributed by atoms with E-state index < -0.39 is 0 Å². The summed E-state index contributed by atoms with van der Waals surface area (Å²) in [4.78, 5) is 23.6. The highest BCUT2D eigenvalue weighted by Crippen LogP contribution is 2.44. The van der Waals surface area contributed by atoms with E-state index in [2.05, 4.69) is 21.2 Å². The molecule has 128 valence electrons. The van der Waals surface area contributed by atoms with Crippen LogP contribution in [0.2, 0.25) is 0 Å². The number of halogens is 1. The Balaban J connectivity index is 2.94. The summed E-state index contributed by atoms with van der Waals surface area (Å²) in [7, 11) is 4.41. The molecule has 0 saturated carbocycles. The number of carbonyl (C=O) groups excluding carboxylic acids is 2. The number of amides is 1. The van der Waals surface area contributed by atoms with Crippen molar-refractivity contribution in [2.75, 3.05) is 34.5 Å². The van der Waals surface area contributed by atoms with Crippen LogP contribution in [-0.2, 0) is 9.53 Å². The molecule has 0 heterocycles. The first-order chi connectivity index (χ1) is 11.0. The fourth-order valence-electron chi connectivity index (χ4n) is 1.89. The van der Waals surface area contributed by atoms with Crippen molar-refractivity contribution < 1.29 is 28.5 Å². The number of esters is 1. The Hall–Kier alpha value is -1.96. The fourth-order valence-corrected chi connectivity index (χ4v) is 2.53. The standard InChI is InChI=1S/C15H20BrNO6/c1-5-23-11(18)6-7-17-15(19)9-8-10(20-2)13(21-3)14(22-4)12(9)16/h8H,5-7H2,1-4H3,(H,17,19). The van der Waals surface area contributed by atoms with E-state index in [0.29, 0.717) is 33.9 Å². The van der Waals surface area contributed by atoms with Crippen molar-refractivity contribution in [1.82, 2.24) is 5.32 Å². The van der Waals surface area contributed by atoms with Crippen LogP contribution < -0.4 is 19.5 Å². The number of rotatable bonds is 8. The molecule has 1 amide bonds. The molecule has 1 aromatic carbocycles. The minimum atomic E-state index is -0.375. The second-order valence-corrected chi connectivity index (χ2v) is 5.11. The van der Waals surface area contributed by atoms with Gasteiger partial charge >= 0.3 is 5.97 Å². The Morgan fingerprint density at radius 3 is 2.30 bits per heavy atom. The SMILES string of the molecule is CCOC(=O)CCNC(=O)c1cc(OC)c(OC)c(OC)c1Br. The summed E-state index contributed by atoms with van der Waals surface area (Å²) in [6, 6.07) is 1.53. The number of nitrogens with one attached hydrogen (secondary N) is 1. The topological polar surface area (TPSA) is 83.1 Å². The predicted molar refractivity (Wildman–Crippen MR) is 87.4 cm³/mol. The Bertz CT molecular complexity index is 576. The lowest BCUT2D eigenvalue weighted by Crippen LogP contribution is -2.27. The van der Waals surface area contributed by atoms with Gasteiger partial charge in [0.25, 0.3) is 5.91 Å². The fraction of sp³-hybridized carbons (Fsp3) is 0.467. The maximum atomic E-state index is 12.3.